The van der Waals surface area contributed by atoms with Crippen LogP contribution in [0.1, 0.15) is 18.9 Å². The molecule has 14 heavy (non-hydrogen) atoms. The van der Waals surface area contributed by atoms with E-state index >= 15 is 0 Å². The summed E-state index contributed by atoms with van der Waals surface area (Å²) in [5.41, 5.74) is 1.36. The molecule has 0 spiro atoms. The largest absolute Gasteiger partial charge is 0.359 e. The fourth-order valence-electron chi connectivity index (χ4n) is 1.28. The van der Waals surface area contributed by atoms with E-state index in [0.29, 0.717) is 6.79 Å². The summed E-state index contributed by atoms with van der Waals surface area (Å²) in [7, 11) is 1.64. The molecule has 2 heteroatoms. The SMILES string of the molecule is COCOC(C)CCc1ccccc1. The molecule has 1 aromatic rings. The van der Waals surface area contributed by atoms with Crippen LogP contribution in [0.25, 0.3) is 0 Å². The Kier molecular flexibility index (Phi) is 5.27. The quantitative estimate of drug-likeness (QED) is 0.648. The van der Waals surface area contributed by atoms with Gasteiger partial charge in [0.05, 0.1) is 6.10 Å². The van der Waals surface area contributed by atoms with E-state index < -0.39 is 0 Å². The highest BCUT2D eigenvalue weighted by Gasteiger charge is 2.01. The smallest absolute Gasteiger partial charge is 0.146 e. The fraction of sp³-hybridized carbons (Fsp3) is 0.500. The highest BCUT2D eigenvalue weighted by molar-refractivity contribution is 5.14. The molecule has 1 unspecified atom stereocenters. The zero-order chi connectivity index (χ0) is 10.2. The molecule has 0 saturated carbocycles. The van der Waals surface area contributed by atoms with Crippen LogP contribution in [0.3, 0.4) is 0 Å². The van der Waals surface area contributed by atoms with E-state index in [4.69, 9.17) is 9.47 Å². The van der Waals surface area contributed by atoms with Gasteiger partial charge in [-0.3, -0.25) is 0 Å². The molecule has 0 bridgehead atoms. The molecule has 0 aromatic heterocycles. The average molecular weight is 194 g/mol. The van der Waals surface area contributed by atoms with Gasteiger partial charge in [-0.05, 0) is 25.3 Å². The van der Waals surface area contributed by atoms with Crippen LogP contribution in [0.2, 0.25) is 0 Å². The number of hydrogen-bond donors (Lipinski definition) is 0. The molecule has 1 rings (SSSR count). The van der Waals surface area contributed by atoms with Gasteiger partial charge in [0.15, 0.2) is 0 Å². The summed E-state index contributed by atoms with van der Waals surface area (Å²) in [6.45, 7) is 2.46. The average Bonchev–Trinajstić information content (AvgIpc) is 2.25. The maximum Gasteiger partial charge on any atom is 0.146 e. The second kappa shape index (κ2) is 6.57. The van der Waals surface area contributed by atoms with Crippen molar-refractivity contribution in [3.05, 3.63) is 35.9 Å². The van der Waals surface area contributed by atoms with Gasteiger partial charge in [0.1, 0.15) is 6.79 Å². The molecule has 0 aliphatic carbocycles. The van der Waals surface area contributed by atoms with Crippen molar-refractivity contribution in [2.24, 2.45) is 0 Å². The minimum Gasteiger partial charge on any atom is -0.359 e. The lowest BCUT2D eigenvalue weighted by Crippen LogP contribution is -2.11. The van der Waals surface area contributed by atoms with Crippen molar-refractivity contribution in [3.8, 4) is 0 Å². The van der Waals surface area contributed by atoms with Crippen molar-refractivity contribution >= 4 is 0 Å². The Morgan fingerprint density at radius 3 is 2.57 bits per heavy atom. The molecule has 1 aromatic carbocycles. The lowest BCUT2D eigenvalue weighted by atomic mass is 10.1. The first kappa shape index (κ1) is 11.2. The van der Waals surface area contributed by atoms with Gasteiger partial charge >= 0.3 is 0 Å². The van der Waals surface area contributed by atoms with Crippen LogP contribution in [-0.4, -0.2) is 20.0 Å². The molecule has 0 N–H and O–H groups in total. The van der Waals surface area contributed by atoms with Gasteiger partial charge in [-0.1, -0.05) is 30.3 Å². The van der Waals surface area contributed by atoms with E-state index in [-0.39, 0.29) is 6.10 Å². The highest BCUT2D eigenvalue weighted by Crippen LogP contribution is 2.06. The minimum absolute atomic E-state index is 0.259. The number of aryl methyl sites for hydroxylation is 1. The highest BCUT2D eigenvalue weighted by atomic mass is 16.7. The van der Waals surface area contributed by atoms with Gasteiger partial charge in [0.2, 0.25) is 0 Å². The first-order valence-corrected chi connectivity index (χ1v) is 4.97. The van der Waals surface area contributed by atoms with Gasteiger partial charge in [0.25, 0.3) is 0 Å². The number of benzene rings is 1. The van der Waals surface area contributed by atoms with Crippen LogP contribution in [0.5, 0.6) is 0 Å². The molecule has 0 aliphatic heterocycles. The molecule has 0 amide bonds. The molecule has 2 nitrogen and oxygen atoms in total. The number of hydrogen-bond acceptors (Lipinski definition) is 2. The topological polar surface area (TPSA) is 18.5 Å². The first-order chi connectivity index (χ1) is 6.83. The number of methoxy groups -OCH3 is 1. The van der Waals surface area contributed by atoms with Crippen LogP contribution in [0.4, 0.5) is 0 Å². The molecule has 0 aliphatic rings. The Morgan fingerprint density at radius 1 is 1.21 bits per heavy atom. The van der Waals surface area contributed by atoms with Crippen molar-refractivity contribution in [3.63, 3.8) is 0 Å². The summed E-state index contributed by atoms with van der Waals surface area (Å²) in [5, 5.41) is 0. The van der Waals surface area contributed by atoms with E-state index in [9.17, 15) is 0 Å². The van der Waals surface area contributed by atoms with Gasteiger partial charge in [-0.15, -0.1) is 0 Å². The van der Waals surface area contributed by atoms with E-state index in [1.165, 1.54) is 5.56 Å². The predicted octanol–water partition coefficient (Wildman–Crippen LogP) is 2.63. The van der Waals surface area contributed by atoms with Crippen molar-refractivity contribution in [2.45, 2.75) is 25.9 Å². The zero-order valence-electron chi connectivity index (χ0n) is 8.90. The van der Waals surface area contributed by atoms with Crippen LogP contribution in [0, 0.1) is 0 Å². The fourth-order valence-corrected chi connectivity index (χ4v) is 1.28. The third-order valence-electron chi connectivity index (χ3n) is 2.15. The normalized spacial score (nSPS) is 12.7. The predicted molar refractivity (Wildman–Crippen MR) is 57.2 cm³/mol. The van der Waals surface area contributed by atoms with Gasteiger partial charge in [-0.2, -0.15) is 0 Å². The third-order valence-corrected chi connectivity index (χ3v) is 2.15. The summed E-state index contributed by atoms with van der Waals surface area (Å²) in [6.07, 6.45) is 2.36. The molecule has 0 radical (unpaired) electrons. The third kappa shape index (κ3) is 4.40. The summed E-state index contributed by atoms with van der Waals surface area (Å²) in [6, 6.07) is 10.5. The van der Waals surface area contributed by atoms with Crippen LogP contribution in [0.15, 0.2) is 30.3 Å². The molecule has 0 saturated heterocycles. The van der Waals surface area contributed by atoms with Crippen molar-refractivity contribution < 1.29 is 9.47 Å². The Morgan fingerprint density at radius 2 is 1.93 bits per heavy atom. The summed E-state index contributed by atoms with van der Waals surface area (Å²) in [4.78, 5) is 0. The molecule has 0 heterocycles. The molecular weight excluding hydrogens is 176 g/mol. The molecule has 0 fully saturated rings. The Balaban J connectivity index is 2.20. The molecular formula is C12H18O2. The van der Waals surface area contributed by atoms with Crippen LogP contribution in [-0.2, 0) is 15.9 Å². The zero-order valence-corrected chi connectivity index (χ0v) is 8.90. The van der Waals surface area contributed by atoms with Crippen LogP contribution >= 0.6 is 0 Å². The number of ether oxygens (including phenoxy) is 2. The minimum atomic E-state index is 0.259. The van der Waals surface area contributed by atoms with E-state index in [1.807, 2.05) is 6.07 Å². The second-order valence-corrected chi connectivity index (χ2v) is 3.41. The van der Waals surface area contributed by atoms with Gasteiger partial charge < -0.3 is 9.47 Å². The lowest BCUT2D eigenvalue weighted by molar-refractivity contribution is -0.0671. The van der Waals surface area contributed by atoms with Gasteiger partial charge in [-0.25, -0.2) is 0 Å². The molecule has 78 valence electrons. The van der Waals surface area contributed by atoms with Crippen molar-refractivity contribution in [2.75, 3.05) is 13.9 Å². The monoisotopic (exact) mass is 194 g/mol. The maximum absolute atomic E-state index is 5.39. The maximum atomic E-state index is 5.39. The molecule has 1 atom stereocenters. The van der Waals surface area contributed by atoms with Gasteiger partial charge in [0, 0.05) is 7.11 Å². The second-order valence-electron chi connectivity index (χ2n) is 3.41. The summed E-state index contributed by atoms with van der Waals surface area (Å²) >= 11 is 0. The first-order valence-electron chi connectivity index (χ1n) is 4.97. The number of rotatable bonds is 6. The summed E-state index contributed by atoms with van der Waals surface area (Å²) < 4.78 is 10.2. The van der Waals surface area contributed by atoms with Crippen molar-refractivity contribution in [1.29, 1.82) is 0 Å². The summed E-state index contributed by atoms with van der Waals surface area (Å²) in [5.74, 6) is 0. The van der Waals surface area contributed by atoms with E-state index in [0.717, 1.165) is 12.8 Å². The standard InChI is InChI=1S/C12H18O2/c1-11(14-10-13-2)8-9-12-6-4-3-5-7-12/h3-7,11H,8-10H2,1-2H3. The van der Waals surface area contributed by atoms with Crippen molar-refractivity contribution in [1.82, 2.24) is 0 Å². The Bertz CT molecular complexity index is 233. The van der Waals surface area contributed by atoms with Crippen LogP contribution < -0.4 is 0 Å². The Labute approximate surface area is 85.8 Å². The lowest BCUT2D eigenvalue weighted by Gasteiger charge is -2.11. The van der Waals surface area contributed by atoms with E-state index in [1.54, 1.807) is 7.11 Å². The van der Waals surface area contributed by atoms with E-state index in [2.05, 4.69) is 31.2 Å². The Hall–Kier alpha value is -0.860.